The number of carbonyl (C=O) groups is 2. The summed E-state index contributed by atoms with van der Waals surface area (Å²) in [7, 11) is 6.48. The third-order valence-electron chi connectivity index (χ3n) is 6.88. The number of nitrogens with zero attached hydrogens (tertiary/aromatic N) is 5. The predicted octanol–water partition coefficient (Wildman–Crippen LogP) is 5.57. The van der Waals surface area contributed by atoms with Crippen LogP contribution in [0.25, 0.3) is 22.0 Å². The van der Waals surface area contributed by atoms with Gasteiger partial charge in [0.1, 0.15) is 5.69 Å². The Morgan fingerprint density at radius 1 is 1.03 bits per heavy atom. The summed E-state index contributed by atoms with van der Waals surface area (Å²) >= 11 is 14.6. The molecular formula is C27H31Cl2N5O4S. The number of benzene rings is 1. The lowest BCUT2D eigenvalue weighted by atomic mass is 9.97. The van der Waals surface area contributed by atoms with Crippen LogP contribution >= 0.6 is 35.0 Å². The maximum absolute atomic E-state index is 12.9. The van der Waals surface area contributed by atoms with Gasteiger partial charge in [-0.05, 0) is 37.6 Å². The Morgan fingerprint density at radius 2 is 1.77 bits per heavy atom. The molecule has 0 radical (unpaired) electrons. The van der Waals surface area contributed by atoms with Gasteiger partial charge in [-0.15, -0.1) is 23.4 Å². The third kappa shape index (κ3) is 5.55. The van der Waals surface area contributed by atoms with Crippen LogP contribution in [0.3, 0.4) is 0 Å². The highest BCUT2D eigenvalue weighted by atomic mass is 35.5. The monoisotopic (exact) mass is 591 g/mol. The number of carbonyl (C=O) groups excluding carboxylic acids is 2. The van der Waals surface area contributed by atoms with Crippen LogP contribution in [0.15, 0.2) is 18.2 Å². The van der Waals surface area contributed by atoms with Crippen molar-refractivity contribution in [3.8, 4) is 11.1 Å². The minimum atomic E-state index is -0.485. The Kier molecular flexibility index (Phi) is 8.98. The number of hydrogen-bond acceptors (Lipinski definition) is 7. The fourth-order valence-electron chi connectivity index (χ4n) is 4.88. The lowest BCUT2D eigenvalue weighted by molar-refractivity contribution is -0.140. The molecule has 9 nitrogen and oxygen atoms in total. The molecule has 3 heterocycles. The smallest absolute Gasteiger partial charge is 0.354 e. The van der Waals surface area contributed by atoms with Gasteiger partial charge in [0, 0.05) is 64.9 Å². The molecule has 0 saturated heterocycles. The van der Waals surface area contributed by atoms with Crippen LogP contribution in [0.1, 0.15) is 45.2 Å². The SMILES string of the molecule is COC(=O)CCn1c(C(=O)OC)c(C)c2c(-c3c(CSCc4cc(CCl)n(C)n4)nn(C)c3C)c(Cl)ccc21. The van der Waals surface area contributed by atoms with E-state index in [1.165, 1.54) is 14.2 Å². The summed E-state index contributed by atoms with van der Waals surface area (Å²) in [5.74, 6) is 0.885. The number of esters is 2. The van der Waals surface area contributed by atoms with E-state index < -0.39 is 5.97 Å². The molecule has 0 amide bonds. The molecule has 208 valence electrons. The maximum Gasteiger partial charge on any atom is 0.354 e. The van der Waals surface area contributed by atoms with E-state index in [0.29, 0.717) is 28.1 Å². The summed E-state index contributed by atoms with van der Waals surface area (Å²) in [6, 6.07) is 5.70. The van der Waals surface area contributed by atoms with Gasteiger partial charge in [0.05, 0.1) is 43.6 Å². The Bertz CT molecular complexity index is 1560. The average molecular weight is 593 g/mol. The third-order valence-corrected chi connectivity index (χ3v) is 8.45. The van der Waals surface area contributed by atoms with Gasteiger partial charge in [-0.1, -0.05) is 11.6 Å². The molecule has 3 aromatic heterocycles. The molecule has 0 bridgehead atoms. The second kappa shape index (κ2) is 12.1. The fraction of sp³-hybridized carbons (Fsp3) is 0.407. The van der Waals surface area contributed by atoms with Gasteiger partial charge in [0.25, 0.3) is 0 Å². The first kappa shape index (κ1) is 29.0. The molecule has 0 aliphatic carbocycles. The fourth-order valence-corrected chi connectivity index (χ4v) is 6.23. The Balaban J connectivity index is 1.81. The second-order valence-corrected chi connectivity index (χ2v) is 10.8. The van der Waals surface area contributed by atoms with Crippen LogP contribution in [0, 0.1) is 13.8 Å². The minimum absolute atomic E-state index is 0.106. The van der Waals surface area contributed by atoms with Crippen LogP contribution in [0.2, 0.25) is 5.02 Å². The van der Waals surface area contributed by atoms with E-state index in [-0.39, 0.29) is 18.9 Å². The number of fused-ring (bicyclic) bond motifs is 1. The van der Waals surface area contributed by atoms with E-state index in [9.17, 15) is 9.59 Å². The summed E-state index contributed by atoms with van der Waals surface area (Å²) in [5, 5.41) is 10.7. The van der Waals surface area contributed by atoms with Crippen molar-refractivity contribution in [3.63, 3.8) is 0 Å². The van der Waals surface area contributed by atoms with Gasteiger partial charge < -0.3 is 14.0 Å². The van der Waals surface area contributed by atoms with E-state index >= 15 is 0 Å². The highest BCUT2D eigenvalue weighted by Crippen LogP contribution is 2.43. The van der Waals surface area contributed by atoms with Crippen molar-refractivity contribution in [2.24, 2.45) is 14.1 Å². The molecule has 0 unspecified atom stereocenters. The molecule has 1 aromatic carbocycles. The number of methoxy groups -OCH3 is 2. The molecule has 12 heteroatoms. The number of ether oxygens (including phenoxy) is 2. The Labute approximate surface area is 241 Å². The van der Waals surface area contributed by atoms with Crippen molar-refractivity contribution in [1.29, 1.82) is 0 Å². The van der Waals surface area contributed by atoms with Crippen LogP contribution in [-0.2, 0) is 52.3 Å². The molecular weight excluding hydrogens is 561 g/mol. The molecule has 0 spiro atoms. The van der Waals surface area contributed by atoms with Crippen molar-refractivity contribution < 1.29 is 19.1 Å². The number of hydrogen-bond donors (Lipinski definition) is 0. The van der Waals surface area contributed by atoms with E-state index in [1.54, 1.807) is 16.4 Å². The van der Waals surface area contributed by atoms with Gasteiger partial charge in [-0.3, -0.25) is 14.2 Å². The van der Waals surface area contributed by atoms with Gasteiger partial charge in [-0.2, -0.15) is 10.2 Å². The molecule has 4 aromatic rings. The van der Waals surface area contributed by atoms with E-state index in [0.717, 1.165) is 50.4 Å². The van der Waals surface area contributed by atoms with Gasteiger partial charge in [0.15, 0.2) is 0 Å². The molecule has 39 heavy (non-hydrogen) atoms. The zero-order chi connectivity index (χ0) is 28.4. The van der Waals surface area contributed by atoms with Crippen molar-refractivity contribution in [3.05, 3.63) is 57.3 Å². The predicted molar refractivity (Wildman–Crippen MR) is 154 cm³/mol. The highest BCUT2D eigenvalue weighted by molar-refractivity contribution is 7.97. The lowest BCUT2D eigenvalue weighted by Crippen LogP contribution is -2.14. The minimum Gasteiger partial charge on any atom is -0.469 e. The van der Waals surface area contributed by atoms with Crippen molar-refractivity contribution >= 4 is 57.8 Å². The number of aryl methyl sites for hydroxylation is 4. The van der Waals surface area contributed by atoms with Crippen LogP contribution in [0.5, 0.6) is 0 Å². The lowest BCUT2D eigenvalue weighted by Gasteiger charge is -2.11. The molecule has 0 saturated carbocycles. The zero-order valence-corrected chi connectivity index (χ0v) is 25.1. The first-order chi connectivity index (χ1) is 18.6. The molecule has 0 fully saturated rings. The second-order valence-electron chi connectivity index (χ2n) is 9.17. The molecule has 4 rings (SSSR count). The summed E-state index contributed by atoms with van der Waals surface area (Å²) in [5.41, 5.74) is 7.35. The first-order valence-electron chi connectivity index (χ1n) is 12.3. The van der Waals surface area contributed by atoms with Crippen LogP contribution in [-0.4, -0.2) is 50.3 Å². The number of rotatable bonds is 10. The average Bonchev–Trinajstić information content (AvgIpc) is 3.52. The number of aromatic nitrogens is 5. The van der Waals surface area contributed by atoms with Crippen molar-refractivity contribution in [2.75, 3.05) is 14.2 Å². The first-order valence-corrected chi connectivity index (χ1v) is 14.3. The molecule has 0 aliphatic rings. The Hall–Kier alpha value is -2.95. The van der Waals surface area contributed by atoms with Crippen LogP contribution < -0.4 is 0 Å². The van der Waals surface area contributed by atoms with Crippen molar-refractivity contribution in [2.45, 2.75) is 44.2 Å². The standard InChI is InChI=1S/C27H31Cl2N5O4S/c1-15-23-21(34(10-9-22(35)37-5)26(15)27(36)38-6)8-7-19(29)25(23)24-16(2)32(3)31-20(24)14-39-13-17-11-18(12-28)33(4)30-17/h7-8,11H,9-10,12-14H2,1-6H3. The van der Waals surface area contributed by atoms with Gasteiger partial charge >= 0.3 is 11.9 Å². The summed E-state index contributed by atoms with van der Waals surface area (Å²) in [4.78, 5) is 24.9. The van der Waals surface area contributed by atoms with E-state index in [4.69, 9.17) is 37.8 Å². The quantitative estimate of drug-likeness (QED) is 0.176. The van der Waals surface area contributed by atoms with E-state index in [2.05, 4.69) is 5.10 Å². The zero-order valence-electron chi connectivity index (χ0n) is 22.8. The maximum atomic E-state index is 12.9. The topological polar surface area (TPSA) is 93.2 Å². The largest absolute Gasteiger partial charge is 0.469 e. The van der Waals surface area contributed by atoms with Gasteiger partial charge in [-0.25, -0.2) is 4.79 Å². The molecule has 0 N–H and O–H groups in total. The van der Waals surface area contributed by atoms with Crippen molar-refractivity contribution in [1.82, 2.24) is 24.1 Å². The molecule has 0 aliphatic heterocycles. The summed E-state index contributed by atoms with van der Waals surface area (Å²) < 4.78 is 15.4. The van der Waals surface area contributed by atoms with Crippen LogP contribution in [0.4, 0.5) is 0 Å². The Morgan fingerprint density at radius 3 is 2.41 bits per heavy atom. The molecule has 0 atom stereocenters. The van der Waals surface area contributed by atoms with Gasteiger partial charge in [0.2, 0.25) is 0 Å². The highest BCUT2D eigenvalue weighted by Gasteiger charge is 2.27. The number of alkyl halides is 1. The summed E-state index contributed by atoms with van der Waals surface area (Å²) in [6.45, 7) is 4.13. The number of thioether (sulfide) groups is 1. The normalized spacial score (nSPS) is 11.4. The number of halogens is 2. The summed E-state index contributed by atoms with van der Waals surface area (Å²) in [6.07, 6.45) is 0.106. The van der Waals surface area contributed by atoms with E-state index in [1.807, 2.05) is 55.4 Å².